The first-order valence-corrected chi connectivity index (χ1v) is 16.1. The number of benzene rings is 2. The minimum Gasteiger partial charge on any atom is -0.507 e. The van der Waals surface area contributed by atoms with Gasteiger partial charge in [-0.3, -0.25) is 19.4 Å². The number of allylic oxidation sites excluding steroid dienone is 1. The van der Waals surface area contributed by atoms with Crippen LogP contribution in [0.3, 0.4) is 0 Å². The molecule has 0 radical (unpaired) electrons. The first kappa shape index (κ1) is 29.9. The number of ketones is 2. The number of phenols is 1. The van der Waals surface area contributed by atoms with E-state index in [1.54, 1.807) is 20.1 Å². The number of aliphatic hydroxyl groups excluding tert-OH is 2. The predicted molar refractivity (Wildman–Crippen MR) is 158 cm³/mol. The molecule has 13 heteroatoms. The maximum Gasteiger partial charge on any atom is 0.308 e. The minimum absolute atomic E-state index is 0.0214. The molecule has 0 spiro atoms. The summed E-state index contributed by atoms with van der Waals surface area (Å²) < 4.78 is 23.5. The standard InChI is InChI=1S/C30H29NO10S2/c1-12-23(33)22-21(26(36)18-8-16(40-14(3)32)4-5-17(18)25(22)35)20-19(15-6-7-31-9-15)10-42-43-11-38-29-27(37)24(34)13(2)39-30(29)41-28(12)20/h4-6,8-9,13,19,24,27,29-30,33-34,37H,7,10-11H2,1-3H3. The fraction of sp³-hybridized carbons (Fsp3) is 0.400. The number of phenolic OH excluding ortho intramolecular Hbond substituents is 1. The van der Waals surface area contributed by atoms with Gasteiger partial charge in [0.1, 0.15) is 41.5 Å². The lowest BCUT2D eigenvalue weighted by Gasteiger charge is -2.41. The van der Waals surface area contributed by atoms with Crippen LogP contribution < -0.4 is 9.47 Å². The van der Waals surface area contributed by atoms with Gasteiger partial charge in [0, 0.05) is 52.6 Å². The van der Waals surface area contributed by atoms with Crippen molar-refractivity contribution in [3.63, 3.8) is 0 Å². The summed E-state index contributed by atoms with van der Waals surface area (Å²) in [4.78, 5) is 44.3. The lowest BCUT2D eigenvalue weighted by atomic mass is 9.76. The third-order valence-corrected chi connectivity index (χ3v) is 10.0. The van der Waals surface area contributed by atoms with Gasteiger partial charge in [0.25, 0.3) is 0 Å². The third-order valence-electron chi connectivity index (χ3n) is 7.96. The molecule has 6 unspecified atom stereocenters. The number of carbonyl (C=O) groups is 3. The highest BCUT2D eigenvalue weighted by Crippen LogP contribution is 2.50. The Morgan fingerprint density at radius 2 is 1.86 bits per heavy atom. The lowest BCUT2D eigenvalue weighted by molar-refractivity contribution is -0.275. The van der Waals surface area contributed by atoms with Gasteiger partial charge in [0.05, 0.1) is 18.2 Å². The number of nitrogens with zero attached hydrogens (tertiary/aromatic N) is 1. The van der Waals surface area contributed by atoms with Crippen LogP contribution in [0.25, 0.3) is 0 Å². The molecule has 43 heavy (non-hydrogen) atoms. The summed E-state index contributed by atoms with van der Waals surface area (Å²) in [6, 6.07) is 4.17. The normalized spacial score (nSPS) is 28.4. The fourth-order valence-electron chi connectivity index (χ4n) is 5.81. The smallest absolute Gasteiger partial charge is 0.308 e. The van der Waals surface area contributed by atoms with Crippen LogP contribution in [-0.4, -0.2) is 88.0 Å². The van der Waals surface area contributed by atoms with Gasteiger partial charge in [-0.2, -0.15) is 0 Å². The molecule has 0 aromatic heterocycles. The van der Waals surface area contributed by atoms with E-state index in [1.807, 2.05) is 6.08 Å². The Morgan fingerprint density at radius 3 is 2.58 bits per heavy atom. The Balaban J connectivity index is 1.60. The molecule has 0 bridgehead atoms. The molecule has 3 N–H and O–H groups in total. The predicted octanol–water partition coefficient (Wildman–Crippen LogP) is 3.08. The Morgan fingerprint density at radius 1 is 1.09 bits per heavy atom. The van der Waals surface area contributed by atoms with Crippen molar-refractivity contribution in [3.8, 4) is 17.2 Å². The number of carbonyl (C=O) groups excluding carboxylic acids is 3. The molecule has 1 fully saturated rings. The summed E-state index contributed by atoms with van der Waals surface area (Å²) in [6.07, 6.45) is -2.08. The monoisotopic (exact) mass is 627 g/mol. The fourth-order valence-corrected chi connectivity index (χ4v) is 7.75. The largest absolute Gasteiger partial charge is 0.507 e. The summed E-state index contributed by atoms with van der Waals surface area (Å²) in [6.45, 7) is 4.84. The molecule has 1 aliphatic carbocycles. The van der Waals surface area contributed by atoms with E-state index < -0.39 is 59.9 Å². The average molecular weight is 628 g/mol. The van der Waals surface area contributed by atoms with Gasteiger partial charge in [-0.05, 0) is 37.6 Å². The summed E-state index contributed by atoms with van der Waals surface area (Å²) in [7, 11) is 2.82. The van der Waals surface area contributed by atoms with Crippen LogP contribution in [0.5, 0.6) is 17.2 Å². The zero-order valence-corrected chi connectivity index (χ0v) is 25.1. The SMILES string of the molecule is CC(=O)Oc1ccc2c(c1)C(=O)c1c(c(O)c(C)c3c1C(C1=CCN=C1)CSSCOC1C(O3)OC(C)C(O)C1O)C2=O. The van der Waals surface area contributed by atoms with Gasteiger partial charge in [-0.1, -0.05) is 27.7 Å². The van der Waals surface area contributed by atoms with E-state index in [9.17, 15) is 29.7 Å². The van der Waals surface area contributed by atoms with Crippen LogP contribution in [0, 0.1) is 6.92 Å². The van der Waals surface area contributed by atoms with Crippen LogP contribution in [0.2, 0.25) is 0 Å². The number of esters is 1. The van der Waals surface area contributed by atoms with Crippen molar-refractivity contribution < 1.29 is 48.7 Å². The second-order valence-corrected chi connectivity index (χ2v) is 13.1. The molecule has 2 aromatic carbocycles. The van der Waals surface area contributed by atoms with Gasteiger partial charge >= 0.3 is 5.97 Å². The van der Waals surface area contributed by atoms with Crippen LogP contribution in [0.1, 0.15) is 62.7 Å². The van der Waals surface area contributed by atoms with Gasteiger partial charge in [-0.15, -0.1) is 0 Å². The van der Waals surface area contributed by atoms with Crippen molar-refractivity contribution >= 4 is 45.3 Å². The van der Waals surface area contributed by atoms with E-state index in [1.165, 1.54) is 46.7 Å². The molecule has 3 aliphatic heterocycles. The molecule has 6 rings (SSSR count). The summed E-state index contributed by atoms with van der Waals surface area (Å²) >= 11 is 0. The highest BCUT2D eigenvalue weighted by molar-refractivity contribution is 8.76. The molecule has 11 nitrogen and oxygen atoms in total. The van der Waals surface area contributed by atoms with Crippen molar-refractivity contribution in [2.75, 3.05) is 18.2 Å². The number of hydrogen-bond donors (Lipinski definition) is 3. The van der Waals surface area contributed by atoms with Crippen LogP contribution in [-0.2, 0) is 14.3 Å². The van der Waals surface area contributed by atoms with E-state index in [-0.39, 0.29) is 45.3 Å². The first-order valence-electron chi connectivity index (χ1n) is 13.6. The Kier molecular flexibility index (Phi) is 8.13. The molecule has 226 valence electrons. The zero-order chi connectivity index (χ0) is 30.6. The maximum absolute atomic E-state index is 14.4. The molecular weight excluding hydrogens is 598 g/mol. The number of hydrogen-bond acceptors (Lipinski definition) is 13. The van der Waals surface area contributed by atoms with Gasteiger partial charge < -0.3 is 34.3 Å². The van der Waals surface area contributed by atoms with E-state index >= 15 is 0 Å². The third kappa shape index (κ3) is 5.17. The Bertz CT molecular complexity index is 1590. The second kappa shape index (κ2) is 11.7. The number of aliphatic hydroxyl groups is 2. The Hall–Kier alpha value is -3.20. The summed E-state index contributed by atoms with van der Waals surface area (Å²) in [5, 5.41) is 32.9. The molecule has 0 saturated carbocycles. The van der Waals surface area contributed by atoms with E-state index in [0.717, 1.165) is 5.57 Å². The van der Waals surface area contributed by atoms with E-state index in [4.69, 9.17) is 18.9 Å². The maximum atomic E-state index is 14.4. The molecular formula is C30H29NO10S2. The van der Waals surface area contributed by atoms with Crippen LogP contribution in [0.15, 0.2) is 34.8 Å². The average Bonchev–Trinajstić information content (AvgIpc) is 3.50. The lowest BCUT2D eigenvalue weighted by Crippen LogP contribution is -2.59. The number of aromatic hydroxyl groups is 1. The number of rotatable bonds is 2. The molecule has 2 aromatic rings. The zero-order valence-electron chi connectivity index (χ0n) is 23.4. The summed E-state index contributed by atoms with van der Waals surface area (Å²) in [5.74, 6) is -1.87. The molecule has 0 amide bonds. The molecule has 3 heterocycles. The first-order chi connectivity index (χ1) is 20.6. The highest BCUT2D eigenvalue weighted by Gasteiger charge is 2.47. The number of aliphatic imine (C=N–C) groups is 1. The van der Waals surface area contributed by atoms with Crippen LogP contribution in [0.4, 0.5) is 0 Å². The number of ether oxygens (including phenoxy) is 4. The minimum atomic E-state index is -1.34. The van der Waals surface area contributed by atoms with E-state index in [2.05, 4.69) is 4.99 Å². The quantitative estimate of drug-likeness (QED) is 0.217. The van der Waals surface area contributed by atoms with Crippen molar-refractivity contribution in [2.45, 2.75) is 57.4 Å². The van der Waals surface area contributed by atoms with Crippen molar-refractivity contribution in [2.24, 2.45) is 4.99 Å². The molecule has 1 saturated heterocycles. The van der Waals surface area contributed by atoms with Gasteiger partial charge in [0.15, 0.2) is 11.6 Å². The van der Waals surface area contributed by atoms with Crippen molar-refractivity contribution in [1.82, 2.24) is 0 Å². The number of fused-ring (bicyclic) bond motifs is 5. The molecule has 6 atom stereocenters. The summed E-state index contributed by atoms with van der Waals surface area (Å²) in [5.41, 5.74) is 1.27. The second-order valence-electron chi connectivity index (χ2n) is 10.6. The van der Waals surface area contributed by atoms with Crippen molar-refractivity contribution in [3.05, 3.63) is 63.2 Å². The topological polar surface area (TPSA) is 161 Å². The molecule has 4 aliphatic rings. The van der Waals surface area contributed by atoms with Gasteiger partial charge in [0.2, 0.25) is 6.29 Å². The Labute approximate surface area is 254 Å². The highest BCUT2D eigenvalue weighted by atomic mass is 33.1. The van der Waals surface area contributed by atoms with Gasteiger partial charge in [-0.25, -0.2) is 0 Å². The van der Waals surface area contributed by atoms with Crippen LogP contribution >= 0.6 is 21.6 Å². The van der Waals surface area contributed by atoms with E-state index in [0.29, 0.717) is 17.9 Å². The van der Waals surface area contributed by atoms with Crippen molar-refractivity contribution in [1.29, 1.82) is 0 Å².